The molecule has 2 bridgehead atoms. The van der Waals surface area contributed by atoms with Gasteiger partial charge in [-0.2, -0.15) is 5.10 Å². The van der Waals surface area contributed by atoms with Gasteiger partial charge in [0.15, 0.2) is 0 Å². The summed E-state index contributed by atoms with van der Waals surface area (Å²) >= 11 is 0. The minimum absolute atomic E-state index is 0.0838. The van der Waals surface area contributed by atoms with E-state index in [1.165, 1.54) is 17.0 Å². The molecule has 3 aliphatic carbocycles. The largest absolute Gasteiger partial charge is 0.507 e. The lowest BCUT2D eigenvalue weighted by Gasteiger charge is -2.52. The molecule has 190 valence electrons. The lowest BCUT2D eigenvalue weighted by Crippen LogP contribution is -2.54. The molecule has 0 spiro atoms. The maximum absolute atomic E-state index is 14.3. The van der Waals surface area contributed by atoms with E-state index in [4.69, 9.17) is 0 Å². The first-order valence-corrected chi connectivity index (χ1v) is 12.8. The Hall–Kier alpha value is -5.04. The van der Waals surface area contributed by atoms with Crippen LogP contribution < -0.4 is 10.3 Å². The van der Waals surface area contributed by atoms with Gasteiger partial charge in [-0.25, -0.2) is 10.3 Å². The number of amides is 3. The monoisotopic (exact) mass is 513 g/mol. The normalized spacial score (nSPS) is 24.4. The van der Waals surface area contributed by atoms with E-state index in [0.717, 1.165) is 22.3 Å². The molecule has 4 aromatic carbocycles. The molecular weight excluding hydrogens is 490 g/mol. The van der Waals surface area contributed by atoms with Crippen molar-refractivity contribution in [3.63, 3.8) is 0 Å². The lowest BCUT2D eigenvalue weighted by molar-refractivity contribution is -0.122. The molecule has 2 atom stereocenters. The van der Waals surface area contributed by atoms with Crippen LogP contribution in [0, 0.1) is 11.8 Å². The molecule has 0 radical (unpaired) electrons. The van der Waals surface area contributed by atoms with E-state index in [2.05, 4.69) is 10.5 Å². The van der Waals surface area contributed by atoms with Crippen molar-refractivity contribution in [2.45, 2.75) is 11.3 Å². The van der Waals surface area contributed by atoms with E-state index in [-0.39, 0.29) is 29.0 Å². The summed E-state index contributed by atoms with van der Waals surface area (Å²) in [6.07, 6.45) is 1.61. The van der Waals surface area contributed by atoms with Crippen LogP contribution in [0.1, 0.15) is 38.5 Å². The third-order valence-electron chi connectivity index (χ3n) is 8.28. The van der Waals surface area contributed by atoms with Crippen LogP contribution in [-0.4, -0.2) is 29.0 Å². The maximum Gasteiger partial charge on any atom is 0.275 e. The topological polar surface area (TPSA) is 99.1 Å². The number of aromatic hydroxyl groups is 1. The van der Waals surface area contributed by atoms with Crippen molar-refractivity contribution in [1.29, 1.82) is 0 Å². The number of hydrogen-bond donors (Lipinski definition) is 2. The second kappa shape index (κ2) is 8.49. The van der Waals surface area contributed by atoms with E-state index in [0.29, 0.717) is 5.69 Å². The highest BCUT2D eigenvalue weighted by atomic mass is 16.3. The lowest BCUT2D eigenvalue weighted by atomic mass is 9.47. The van der Waals surface area contributed by atoms with Crippen LogP contribution in [0.3, 0.4) is 0 Å². The Morgan fingerprint density at radius 1 is 0.795 bits per heavy atom. The zero-order valence-corrected chi connectivity index (χ0v) is 20.7. The SMILES string of the molecule is O=C(N/N=C/C12c3ccccc3C(c3ccccc31)C1C(=O)N(c3ccccc3)C(=O)C12)c1ccccc1O. The van der Waals surface area contributed by atoms with Crippen LogP contribution in [0.2, 0.25) is 0 Å². The summed E-state index contributed by atoms with van der Waals surface area (Å²) in [5.41, 5.74) is 5.81. The van der Waals surface area contributed by atoms with Crippen LogP contribution >= 0.6 is 0 Å². The fraction of sp³-hybridized carbons (Fsp3) is 0.125. The van der Waals surface area contributed by atoms with Crippen LogP contribution in [-0.2, 0) is 15.0 Å². The maximum atomic E-state index is 14.3. The van der Waals surface area contributed by atoms with Gasteiger partial charge in [-0.1, -0.05) is 78.9 Å². The molecule has 0 saturated carbocycles. The first-order valence-electron chi connectivity index (χ1n) is 12.8. The fourth-order valence-corrected chi connectivity index (χ4v) is 6.80. The zero-order valence-electron chi connectivity index (χ0n) is 20.7. The van der Waals surface area contributed by atoms with Gasteiger partial charge in [0.05, 0.1) is 28.5 Å². The Labute approximate surface area is 224 Å². The highest BCUT2D eigenvalue weighted by Crippen LogP contribution is 2.63. The minimum atomic E-state index is -1.09. The Kier molecular flexibility index (Phi) is 5.03. The highest BCUT2D eigenvalue weighted by molar-refractivity contribution is 6.25. The van der Waals surface area contributed by atoms with Crippen LogP contribution in [0.15, 0.2) is 108 Å². The quantitative estimate of drug-likeness (QED) is 0.241. The number of benzene rings is 4. The number of imide groups is 1. The number of phenols is 1. The van der Waals surface area contributed by atoms with Crippen molar-refractivity contribution in [3.8, 4) is 5.75 Å². The van der Waals surface area contributed by atoms with Gasteiger partial charge < -0.3 is 5.11 Å². The second-order valence-corrected chi connectivity index (χ2v) is 10.1. The Morgan fingerprint density at radius 2 is 1.38 bits per heavy atom. The molecular formula is C32H23N3O4. The molecule has 8 rings (SSSR count). The molecule has 0 aromatic heterocycles. The molecule has 2 unspecified atom stereocenters. The van der Waals surface area contributed by atoms with Gasteiger partial charge in [0.2, 0.25) is 11.8 Å². The summed E-state index contributed by atoms with van der Waals surface area (Å²) < 4.78 is 0. The number of carbonyl (C=O) groups excluding carboxylic acids is 3. The van der Waals surface area contributed by atoms with E-state index >= 15 is 0 Å². The van der Waals surface area contributed by atoms with E-state index in [1.54, 1.807) is 30.5 Å². The van der Waals surface area contributed by atoms with E-state index in [1.807, 2.05) is 66.7 Å². The number of nitrogens with zero attached hydrogens (tertiary/aromatic N) is 2. The fourth-order valence-electron chi connectivity index (χ4n) is 6.80. The number of hydrogen-bond acceptors (Lipinski definition) is 5. The molecule has 7 nitrogen and oxygen atoms in total. The van der Waals surface area contributed by atoms with Crippen molar-refractivity contribution in [2.24, 2.45) is 16.9 Å². The Bertz CT molecular complexity index is 1650. The number of hydrazone groups is 1. The van der Waals surface area contributed by atoms with Gasteiger partial charge in [-0.3, -0.25) is 14.4 Å². The summed E-state index contributed by atoms with van der Waals surface area (Å²) in [5.74, 6) is -2.91. The third kappa shape index (κ3) is 3.10. The summed E-state index contributed by atoms with van der Waals surface area (Å²) in [7, 11) is 0. The molecule has 3 amide bonds. The molecule has 4 aliphatic rings. The Morgan fingerprint density at radius 3 is 2.05 bits per heavy atom. The molecule has 1 aliphatic heterocycles. The molecule has 2 N–H and O–H groups in total. The number of nitrogens with one attached hydrogen (secondary N) is 1. The zero-order chi connectivity index (χ0) is 26.7. The predicted molar refractivity (Wildman–Crippen MR) is 145 cm³/mol. The smallest absolute Gasteiger partial charge is 0.275 e. The molecule has 1 saturated heterocycles. The van der Waals surface area contributed by atoms with E-state index < -0.39 is 23.2 Å². The van der Waals surface area contributed by atoms with Gasteiger partial charge in [-0.15, -0.1) is 0 Å². The van der Waals surface area contributed by atoms with Gasteiger partial charge in [0.25, 0.3) is 5.91 Å². The highest BCUT2D eigenvalue weighted by Gasteiger charge is 2.68. The average molecular weight is 514 g/mol. The standard InChI is InChI=1S/C32H23N3O4/c36-25-17-9-6-14-22(25)29(37)34-33-18-32-23-15-7-4-12-20(23)26(21-13-5-8-16-24(21)32)27-28(32)31(39)35(30(27)38)19-10-2-1-3-11-19/h1-18,26-28,36H,(H,34,37)/b33-18+. The predicted octanol–water partition coefficient (Wildman–Crippen LogP) is 4.36. The van der Waals surface area contributed by atoms with Crippen LogP contribution in [0.25, 0.3) is 0 Å². The van der Waals surface area contributed by atoms with Crippen molar-refractivity contribution < 1.29 is 19.5 Å². The number of anilines is 1. The summed E-state index contributed by atoms with van der Waals surface area (Å²) in [5, 5.41) is 14.5. The van der Waals surface area contributed by atoms with Crippen molar-refractivity contribution in [3.05, 3.63) is 131 Å². The molecule has 39 heavy (non-hydrogen) atoms. The van der Waals surface area contributed by atoms with Gasteiger partial charge in [0.1, 0.15) is 5.75 Å². The number of carbonyl (C=O) groups is 3. The first-order chi connectivity index (χ1) is 19.0. The molecule has 4 aromatic rings. The van der Waals surface area contributed by atoms with Gasteiger partial charge in [-0.05, 0) is 46.5 Å². The van der Waals surface area contributed by atoms with Gasteiger partial charge >= 0.3 is 0 Å². The summed E-state index contributed by atoms with van der Waals surface area (Å²) in [4.78, 5) is 42.5. The third-order valence-corrected chi connectivity index (χ3v) is 8.28. The summed E-state index contributed by atoms with van der Waals surface area (Å²) in [6, 6.07) is 30.9. The molecule has 1 heterocycles. The van der Waals surface area contributed by atoms with Crippen molar-refractivity contribution >= 4 is 29.6 Å². The molecule has 7 heteroatoms. The van der Waals surface area contributed by atoms with Gasteiger partial charge in [0, 0.05) is 12.1 Å². The number of rotatable bonds is 4. The van der Waals surface area contributed by atoms with Crippen LogP contribution in [0.5, 0.6) is 5.75 Å². The summed E-state index contributed by atoms with van der Waals surface area (Å²) in [6.45, 7) is 0. The van der Waals surface area contributed by atoms with E-state index in [9.17, 15) is 19.5 Å². The second-order valence-electron chi connectivity index (χ2n) is 10.1. The first kappa shape index (κ1) is 23.1. The van der Waals surface area contributed by atoms with Crippen molar-refractivity contribution in [1.82, 2.24) is 5.43 Å². The minimum Gasteiger partial charge on any atom is -0.507 e. The Balaban J connectivity index is 1.41. The average Bonchev–Trinajstić information content (AvgIpc) is 3.24. The number of para-hydroxylation sites is 2. The number of phenolic OH excluding ortho intramolecular Hbond substituents is 1. The molecule has 1 fully saturated rings. The van der Waals surface area contributed by atoms with Crippen LogP contribution in [0.4, 0.5) is 5.69 Å². The van der Waals surface area contributed by atoms with Crippen molar-refractivity contribution in [2.75, 3.05) is 4.90 Å².